The molecule has 6 nitrogen and oxygen atoms in total. The molecule has 13 heavy (non-hydrogen) atoms. The van der Waals surface area contributed by atoms with Gasteiger partial charge in [-0.1, -0.05) is 4.85 Å². The molecule has 0 saturated heterocycles. The maximum Gasteiger partial charge on any atom is 0.344 e. The molecule has 1 rings (SSSR count). The minimum atomic E-state index is -0.888. The molecule has 0 aliphatic carbocycles. The quantitative estimate of drug-likeness (QED) is 0.502. The Morgan fingerprint density at radius 1 is 1.77 bits per heavy atom. The monoisotopic (exact) mass is 184 g/mol. The third-order valence-corrected chi connectivity index (χ3v) is 1.32. The Labute approximate surface area is 73.3 Å². The van der Waals surface area contributed by atoms with E-state index in [-0.39, 0.29) is 17.0 Å². The standard InChI is InChI=1S/C7H8N2O4/c1-2-13-7(11)5-3-4-8-9(12)6(5)10/h3-4,12H,2H2,1H3. The normalized spacial score (nSPS) is 9.62. The van der Waals surface area contributed by atoms with Gasteiger partial charge >= 0.3 is 11.5 Å². The number of carbonyl (C=O) groups is 1. The van der Waals surface area contributed by atoms with Crippen molar-refractivity contribution >= 4 is 5.97 Å². The molecule has 6 heteroatoms. The second-order valence-electron chi connectivity index (χ2n) is 2.16. The summed E-state index contributed by atoms with van der Waals surface area (Å²) in [5.74, 6) is -0.766. The zero-order valence-corrected chi connectivity index (χ0v) is 6.93. The maximum atomic E-state index is 11.0. The van der Waals surface area contributed by atoms with E-state index in [2.05, 4.69) is 9.84 Å². The number of hydrogen-bond donors (Lipinski definition) is 1. The van der Waals surface area contributed by atoms with Crippen molar-refractivity contribution in [2.24, 2.45) is 0 Å². The summed E-state index contributed by atoms with van der Waals surface area (Å²) in [4.78, 5) is 22.2. The Morgan fingerprint density at radius 3 is 3.08 bits per heavy atom. The fraction of sp³-hybridized carbons (Fsp3) is 0.286. The molecule has 0 bridgehead atoms. The smallest absolute Gasteiger partial charge is 0.344 e. The molecule has 0 spiro atoms. The first-order valence-corrected chi connectivity index (χ1v) is 3.61. The fourth-order valence-electron chi connectivity index (χ4n) is 0.767. The van der Waals surface area contributed by atoms with Gasteiger partial charge in [0.05, 0.1) is 12.8 Å². The third-order valence-electron chi connectivity index (χ3n) is 1.32. The van der Waals surface area contributed by atoms with E-state index < -0.39 is 11.5 Å². The maximum absolute atomic E-state index is 11.0. The molecule has 0 aliphatic heterocycles. The van der Waals surface area contributed by atoms with Crippen LogP contribution in [0.3, 0.4) is 0 Å². The van der Waals surface area contributed by atoms with E-state index in [9.17, 15) is 9.59 Å². The van der Waals surface area contributed by atoms with Crippen molar-refractivity contribution in [2.75, 3.05) is 6.61 Å². The van der Waals surface area contributed by atoms with Crippen LogP contribution >= 0.6 is 0 Å². The number of hydrogen-bond acceptors (Lipinski definition) is 5. The summed E-state index contributed by atoms with van der Waals surface area (Å²) in [6.45, 7) is 1.79. The van der Waals surface area contributed by atoms with E-state index in [1.807, 2.05) is 0 Å². The topological polar surface area (TPSA) is 81.4 Å². The van der Waals surface area contributed by atoms with Crippen LogP contribution in [0.1, 0.15) is 17.3 Å². The highest BCUT2D eigenvalue weighted by Crippen LogP contribution is 1.92. The lowest BCUT2D eigenvalue weighted by Gasteiger charge is -2.00. The van der Waals surface area contributed by atoms with E-state index in [0.29, 0.717) is 0 Å². The lowest BCUT2D eigenvalue weighted by Crippen LogP contribution is -2.27. The summed E-state index contributed by atoms with van der Waals surface area (Å²) >= 11 is 0. The molecular formula is C7H8N2O4. The lowest BCUT2D eigenvalue weighted by atomic mass is 10.3. The molecular weight excluding hydrogens is 176 g/mol. The Kier molecular flexibility index (Phi) is 2.63. The fourth-order valence-corrected chi connectivity index (χ4v) is 0.767. The van der Waals surface area contributed by atoms with Crippen molar-refractivity contribution in [2.45, 2.75) is 6.92 Å². The summed E-state index contributed by atoms with van der Waals surface area (Å²) in [7, 11) is 0. The van der Waals surface area contributed by atoms with Gasteiger partial charge in [0.15, 0.2) is 0 Å². The second kappa shape index (κ2) is 3.70. The minimum absolute atomic E-state index is 0.0895. The van der Waals surface area contributed by atoms with E-state index in [4.69, 9.17) is 5.21 Å². The Balaban J connectivity index is 3.08. The molecule has 0 radical (unpaired) electrons. The Hall–Kier alpha value is -1.85. The van der Waals surface area contributed by atoms with Gasteiger partial charge in [0.25, 0.3) is 0 Å². The predicted molar refractivity (Wildman–Crippen MR) is 41.6 cm³/mol. The van der Waals surface area contributed by atoms with Gasteiger partial charge in [-0.3, -0.25) is 4.79 Å². The molecule has 0 amide bonds. The first-order chi connectivity index (χ1) is 6.16. The Morgan fingerprint density at radius 2 is 2.46 bits per heavy atom. The molecule has 1 N–H and O–H groups in total. The number of esters is 1. The van der Waals surface area contributed by atoms with Crippen LogP contribution < -0.4 is 5.56 Å². The SMILES string of the molecule is CCOC(=O)c1ccnn(O)c1=O. The van der Waals surface area contributed by atoms with Crippen molar-refractivity contribution in [3.63, 3.8) is 0 Å². The van der Waals surface area contributed by atoms with Crippen molar-refractivity contribution < 1.29 is 14.7 Å². The Bertz CT molecular complexity index is 371. The highest BCUT2D eigenvalue weighted by atomic mass is 16.5. The molecule has 0 atom stereocenters. The molecule has 1 aromatic heterocycles. The molecule has 0 fully saturated rings. The van der Waals surface area contributed by atoms with Crippen molar-refractivity contribution in [1.29, 1.82) is 0 Å². The minimum Gasteiger partial charge on any atom is -0.462 e. The van der Waals surface area contributed by atoms with Crippen molar-refractivity contribution in [1.82, 2.24) is 9.94 Å². The number of nitrogens with zero attached hydrogens (tertiary/aromatic N) is 2. The molecule has 1 heterocycles. The van der Waals surface area contributed by atoms with Crippen LogP contribution in [0.4, 0.5) is 0 Å². The zero-order valence-electron chi connectivity index (χ0n) is 6.93. The highest BCUT2D eigenvalue weighted by molar-refractivity contribution is 5.88. The number of rotatable bonds is 2. The highest BCUT2D eigenvalue weighted by Gasteiger charge is 2.12. The number of ether oxygens (including phenoxy) is 1. The van der Waals surface area contributed by atoms with Crippen molar-refractivity contribution in [3.05, 3.63) is 28.2 Å². The molecule has 0 saturated carbocycles. The summed E-state index contributed by atoms with van der Waals surface area (Å²) < 4.78 is 4.57. The van der Waals surface area contributed by atoms with Crippen LogP contribution in [0.25, 0.3) is 0 Å². The van der Waals surface area contributed by atoms with Gasteiger partial charge in [-0.2, -0.15) is 0 Å². The van der Waals surface area contributed by atoms with E-state index >= 15 is 0 Å². The molecule has 0 aliphatic rings. The van der Waals surface area contributed by atoms with Gasteiger partial charge in [0.1, 0.15) is 5.56 Å². The lowest BCUT2D eigenvalue weighted by molar-refractivity contribution is 0.0513. The number of carbonyl (C=O) groups excluding carboxylic acids is 1. The van der Waals surface area contributed by atoms with Gasteiger partial charge in [0.2, 0.25) is 0 Å². The van der Waals surface area contributed by atoms with Gasteiger partial charge in [-0.25, -0.2) is 4.79 Å². The van der Waals surface area contributed by atoms with Gasteiger partial charge in [-0.15, -0.1) is 5.10 Å². The van der Waals surface area contributed by atoms with Crippen LogP contribution in [-0.4, -0.2) is 27.7 Å². The van der Waals surface area contributed by atoms with Gasteiger partial charge < -0.3 is 9.94 Å². The zero-order chi connectivity index (χ0) is 9.84. The van der Waals surface area contributed by atoms with Crippen LogP contribution in [-0.2, 0) is 4.74 Å². The third kappa shape index (κ3) is 1.84. The average Bonchev–Trinajstić information content (AvgIpc) is 2.10. The van der Waals surface area contributed by atoms with Gasteiger partial charge in [-0.05, 0) is 13.0 Å². The molecule has 1 aromatic rings. The van der Waals surface area contributed by atoms with E-state index in [1.54, 1.807) is 6.92 Å². The van der Waals surface area contributed by atoms with E-state index in [0.717, 1.165) is 6.20 Å². The predicted octanol–water partition coefficient (Wildman–Crippen LogP) is -0.343. The summed E-state index contributed by atoms with van der Waals surface area (Å²) in [6, 6.07) is 1.19. The van der Waals surface area contributed by atoms with Crippen molar-refractivity contribution in [3.8, 4) is 0 Å². The molecule has 70 valence electrons. The summed E-state index contributed by atoms with van der Waals surface area (Å²) in [5, 5.41) is 12.0. The largest absolute Gasteiger partial charge is 0.462 e. The first kappa shape index (κ1) is 9.24. The molecule has 0 unspecified atom stereocenters. The van der Waals surface area contributed by atoms with Crippen LogP contribution in [0, 0.1) is 0 Å². The van der Waals surface area contributed by atoms with E-state index in [1.165, 1.54) is 6.07 Å². The van der Waals surface area contributed by atoms with Crippen LogP contribution in [0.2, 0.25) is 0 Å². The first-order valence-electron chi connectivity index (χ1n) is 3.61. The molecule has 0 aromatic carbocycles. The summed E-state index contributed by atoms with van der Waals surface area (Å²) in [5.41, 5.74) is -1.12. The average molecular weight is 184 g/mol. The number of aromatic nitrogens is 2. The summed E-state index contributed by atoms with van der Waals surface area (Å²) in [6.07, 6.45) is 1.13. The second-order valence-corrected chi connectivity index (χ2v) is 2.16. The van der Waals surface area contributed by atoms with Crippen LogP contribution in [0.5, 0.6) is 0 Å². The van der Waals surface area contributed by atoms with Crippen LogP contribution in [0.15, 0.2) is 17.1 Å². The van der Waals surface area contributed by atoms with Gasteiger partial charge in [0, 0.05) is 0 Å².